The second-order valence-electron chi connectivity index (χ2n) is 4.34. The minimum Gasteiger partial charge on any atom is -0.463 e. The molecule has 1 unspecified atom stereocenters. The maximum absolute atomic E-state index is 11.5. The number of hydrogen-bond donors (Lipinski definition) is 0. The first-order chi connectivity index (χ1) is 9.11. The minimum atomic E-state index is -0.275. The number of carbonyl (C=O) groups is 2. The fourth-order valence-corrected chi connectivity index (χ4v) is 1.50. The van der Waals surface area contributed by atoms with Crippen LogP contribution >= 0.6 is 0 Å². The summed E-state index contributed by atoms with van der Waals surface area (Å²) in [5.41, 5.74) is 0.960. The zero-order chi connectivity index (χ0) is 14.1. The van der Waals surface area contributed by atoms with Crippen molar-refractivity contribution in [2.45, 2.75) is 45.8 Å². The van der Waals surface area contributed by atoms with E-state index >= 15 is 0 Å². The molecular weight excluding hydrogens is 244 g/mol. The van der Waals surface area contributed by atoms with Gasteiger partial charge in [0.2, 0.25) is 0 Å². The van der Waals surface area contributed by atoms with Gasteiger partial charge in [0.05, 0.1) is 6.10 Å². The van der Waals surface area contributed by atoms with Crippen LogP contribution in [0.2, 0.25) is 0 Å². The number of benzene rings is 1. The molecule has 1 aromatic carbocycles. The van der Waals surface area contributed by atoms with Crippen LogP contribution in [0.4, 0.5) is 0 Å². The summed E-state index contributed by atoms with van der Waals surface area (Å²) in [5, 5.41) is 0. The van der Waals surface area contributed by atoms with E-state index in [1.807, 2.05) is 30.3 Å². The van der Waals surface area contributed by atoms with E-state index in [9.17, 15) is 9.59 Å². The topological polar surface area (TPSA) is 52.6 Å². The lowest BCUT2D eigenvalue weighted by Gasteiger charge is -2.12. The van der Waals surface area contributed by atoms with Crippen molar-refractivity contribution >= 4 is 11.9 Å². The van der Waals surface area contributed by atoms with Crippen LogP contribution in [-0.2, 0) is 25.7 Å². The minimum absolute atomic E-state index is 0.245. The maximum atomic E-state index is 11.5. The number of rotatable bonds is 7. The van der Waals surface area contributed by atoms with Crippen molar-refractivity contribution in [2.24, 2.45) is 0 Å². The SMILES string of the molecule is CCC(=O)OC(C)CCC(=O)OCc1ccccc1. The zero-order valence-electron chi connectivity index (χ0n) is 11.4. The van der Waals surface area contributed by atoms with E-state index in [2.05, 4.69) is 0 Å². The van der Waals surface area contributed by atoms with Crippen molar-refractivity contribution in [1.29, 1.82) is 0 Å². The Morgan fingerprint density at radius 3 is 2.47 bits per heavy atom. The Hall–Kier alpha value is -1.84. The summed E-state index contributed by atoms with van der Waals surface area (Å²) in [6, 6.07) is 9.51. The molecule has 4 heteroatoms. The molecule has 0 N–H and O–H groups in total. The van der Waals surface area contributed by atoms with Crippen LogP contribution in [0.25, 0.3) is 0 Å². The Morgan fingerprint density at radius 2 is 1.84 bits per heavy atom. The summed E-state index contributed by atoms with van der Waals surface area (Å²) in [5.74, 6) is -0.520. The molecule has 0 spiro atoms. The van der Waals surface area contributed by atoms with E-state index in [4.69, 9.17) is 9.47 Å². The lowest BCUT2D eigenvalue weighted by atomic mass is 10.2. The van der Waals surface area contributed by atoms with E-state index in [0.29, 0.717) is 12.8 Å². The maximum Gasteiger partial charge on any atom is 0.306 e. The van der Waals surface area contributed by atoms with Gasteiger partial charge in [0.25, 0.3) is 0 Å². The summed E-state index contributed by atoms with van der Waals surface area (Å²) in [6.07, 6.45) is 0.837. The van der Waals surface area contributed by atoms with Gasteiger partial charge in [-0.25, -0.2) is 0 Å². The van der Waals surface area contributed by atoms with Crippen LogP contribution in [0.5, 0.6) is 0 Å². The predicted molar refractivity (Wildman–Crippen MR) is 71.3 cm³/mol. The molecule has 0 heterocycles. The molecule has 0 aliphatic rings. The van der Waals surface area contributed by atoms with E-state index in [1.165, 1.54) is 0 Å². The fourth-order valence-electron chi connectivity index (χ4n) is 1.50. The Balaban J connectivity index is 2.19. The summed E-state index contributed by atoms with van der Waals surface area (Å²) in [7, 11) is 0. The van der Waals surface area contributed by atoms with Crippen LogP contribution < -0.4 is 0 Å². The Kier molecular flexibility index (Phi) is 6.64. The van der Waals surface area contributed by atoms with Crippen LogP contribution in [0.3, 0.4) is 0 Å². The molecule has 0 saturated heterocycles. The van der Waals surface area contributed by atoms with Gasteiger partial charge in [-0.1, -0.05) is 37.3 Å². The van der Waals surface area contributed by atoms with Crippen LogP contribution in [-0.4, -0.2) is 18.0 Å². The highest BCUT2D eigenvalue weighted by Crippen LogP contribution is 2.06. The average Bonchev–Trinajstić information content (AvgIpc) is 2.43. The van der Waals surface area contributed by atoms with Gasteiger partial charge in [-0.15, -0.1) is 0 Å². The van der Waals surface area contributed by atoms with Crippen molar-refractivity contribution in [1.82, 2.24) is 0 Å². The number of esters is 2. The van der Waals surface area contributed by atoms with Gasteiger partial charge in [-0.2, -0.15) is 0 Å². The molecule has 0 bridgehead atoms. The summed E-state index contributed by atoms with van der Waals surface area (Å²) >= 11 is 0. The van der Waals surface area contributed by atoms with Crippen molar-refractivity contribution in [2.75, 3.05) is 0 Å². The molecule has 19 heavy (non-hydrogen) atoms. The highest BCUT2D eigenvalue weighted by Gasteiger charge is 2.11. The predicted octanol–water partition coefficient (Wildman–Crippen LogP) is 2.85. The van der Waals surface area contributed by atoms with Gasteiger partial charge in [0.15, 0.2) is 0 Å². The van der Waals surface area contributed by atoms with Gasteiger partial charge in [0.1, 0.15) is 6.61 Å². The van der Waals surface area contributed by atoms with Gasteiger partial charge in [-0.05, 0) is 18.9 Å². The summed E-state index contributed by atoms with van der Waals surface area (Å²) in [6.45, 7) is 3.80. The monoisotopic (exact) mass is 264 g/mol. The average molecular weight is 264 g/mol. The molecule has 1 atom stereocenters. The first-order valence-corrected chi connectivity index (χ1v) is 6.50. The van der Waals surface area contributed by atoms with Crippen molar-refractivity contribution in [3.05, 3.63) is 35.9 Å². The molecular formula is C15H20O4. The Bertz CT molecular complexity index is 400. The van der Waals surface area contributed by atoms with E-state index in [0.717, 1.165) is 5.56 Å². The standard InChI is InChI=1S/C15H20O4/c1-3-14(16)19-12(2)9-10-15(17)18-11-13-7-5-4-6-8-13/h4-8,12H,3,9-11H2,1-2H3. The summed E-state index contributed by atoms with van der Waals surface area (Å²) < 4.78 is 10.2. The molecule has 0 aliphatic heterocycles. The van der Waals surface area contributed by atoms with Gasteiger partial charge < -0.3 is 9.47 Å². The fraction of sp³-hybridized carbons (Fsp3) is 0.467. The molecule has 0 radical (unpaired) electrons. The second kappa shape index (κ2) is 8.29. The smallest absolute Gasteiger partial charge is 0.306 e. The quantitative estimate of drug-likeness (QED) is 0.711. The molecule has 1 aromatic rings. The molecule has 0 aliphatic carbocycles. The molecule has 104 valence electrons. The molecule has 0 fully saturated rings. The second-order valence-corrected chi connectivity index (χ2v) is 4.34. The molecule has 1 rings (SSSR count). The molecule has 0 amide bonds. The largest absolute Gasteiger partial charge is 0.463 e. The van der Waals surface area contributed by atoms with Crippen molar-refractivity contribution < 1.29 is 19.1 Å². The van der Waals surface area contributed by atoms with Gasteiger partial charge >= 0.3 is 11.9 Å². The number of carbonyl (C=O) groups excluding carboxylic acids is 2. The van der Waals surface area contributed by atoms with E-state index in [1.54, 1.807) is 13.8 Å². The first-order valence-electron chi connectivity index (χ1n) is 6.50. The molecule has 0 aromatic heterocycles. The number of ether oxygens (including phenoxy) is 2. The van der Waals surface area contributed by atoms with Gasteiger partial charge in [0, 0.05) is 12.8 Å². The van der Waals surface area contributed by atoms with Crippen molar-refractivity contribution in [3.8, 4) is 0 Å². The Morgan fingerprint density at radius 1 is 1.16 bits per heavy atom. The highest BCUT2D eigenvalue weighted by atomic mass is 16.5. The summed E-state index contributed by atoms with van der Waals surface area (Å²) in [4.78, 5) is 22.6. The van der Waals surface area contributed by atoms with E-state index in [-0.39, 0.29) is 31.1 Å². The van der Waals surface area contributed by atoms with E-state index < -0.39 is 0 Å². The lowest BCUT2D eigenvalue weighted by Crippen LogP contribution is -2.16. The number of hydrogen-bond acceptors (Lipinski definition) is 4. The normalized spacial score (nSPS) is 11.7. The third kappa shape index (κ3) is 6.60. The molecule has 0 saturated carbocycles. The first kappa shape index (κ1) is 15.2. The van der Waals surface area contributed by atoms with Crippen LogP contribution in [0, 0.1) is 0 Å². The van der Waals surface area contributed by atoms with Crippen molar-refractivity contribution in [3.63, 3.8) is 0 Å². The third-order valence-corrected chi connectivity index (χ3v) is 2.62. The van der Waals surface area contributed by atoms with Crippen LogP contribution in [0.15, 0.2) is 30.3 Å². The van der Waals surface area contributed by atoms with Gasteiger partial charge in [-0.3, -0.25) is 9.59 Å². The molecule has 4 nitrogen and oxygen atoms in total. The lowest BCUT2D eigenvalue weighted by molar-refractivity contribution is -0.151. The zero-order valence-corrected chi connectivity index (χ0v) is 11.4. The third-order valence-electron chi connectivity index (χ3n) is 2.62. The highest BCUT2D eigenvalue weighted by molar-refractivity contribution is 5.70. The van der Waals surface area contributed by atoms with Crippen LogP contribution in [0.1, 0.15) is 38.7 Å². The Labute approximate surface area is 113 Å².